The molecule has 2 N–H and O–H groups in total. The van der Waals surface area contributed by atoms with Crippen molar-refractivity contribution in [3.63, 3.8) is 0 Å². The van der Waals surface area contributed by atoms with Crippen LogP contribution in [0.5, 0.6) is 5.75 Å². The van der Waals surface area contributed by atoms with Gasteiger partial charge in [-0.25, -0.2) is 9.07 Å². The zero-order chi connectivity index (χ0) is 24.5. The van der Waals surface area contributed by atoms with E-state index < -0.39 is 11.7 Å². The third kappa shape index (κ3) is 4.38. The summed E-state index contributed by atoms with van der Waals surface area (Å²) in [7, 11) is 1.59. The third-order valence-corrected chi connectivity index (χ3v) is 5.99. The predicted molar refractivity (Wildman–Crippen MR) is 131 cm³/mol. The number of carbonyl (C=O) groups excluding carboxylic acids is 2. The Kier molecular flexibility index (Phi) is 5.78. The van der Waals surface area contributed by atoms with Crippen LogP contribution in [0.4, 0.5) is 15.9 Å². The van der Waals surface area contributed by atoms with Gasteiger partial charge in [-0.05, 0) is 48.9 Å². The van der Waals surface area contributed by atoms with E-state index in [0.29, 0.717) is 28.5 Å². The number of methoxy groups -OCH3 is 1. The first-order valence-corrected chi connectivity index (χ1v) is 11.1. The lowest BCUT2D eigenvalue weighted by atomic mass is 9.89. The number of aromatic nitrogens is 2. The number of carbonyl (C=O) groups is 2. The number of benzene rings is 3. The molecule has 1 aliphatic heterocycles. The molecule has 0 saturated heterocycles. The van der Waals surface area contributed by atoms with Crippen molar-refractivity contribution in [3.05, 3.63) is 89.7 Å². The number of hydrogen-bond acceptors (Lipinski definition) is 4. The predicted octanol–water partition coefficient (Wildman–Crippen LogP) is 5.06. The van der Waals surface area contributed by atoms with Gasteiger partial charge in [-0.1, -0.05) is 35.9 Å². The molecule has 35 heavy (non-hydrogen) atoms. The largest absolute Gasteiger partial charge is 0.496 e. The lowest BCUT2D eigenvalue weighted by Crippen LogP contribution is -2.31. The Bertz CT molecular complexity index is 1430. The summed E-state index contributed by atoms with van der Waals surface area (Å²) < 4.78 is 20.9. The number of aryl methyl sites for hydroxylation is 1. The first-order valence-electron chi connectivity index (χ1n) is 11.1. The van der Waals surface area contributed by atoms with Gasteiger partial charge in [-0.2, -0.15) is 5.10 Å². The van der Waals surface area contributed by atoms with Crippen molar-refractivity contribution in [2.24, 2.45) is 0 Å². The number of nitrogens with one attached hydrogen (secondary N) is 2. The minimum Gasteiger partial charge on any atom is -0.496 e. The molecule has 0 fully saturated rings. The van der Waals surface area contributed by atoms with Crippen molar-refractivity contribution in [2.45, 2.75) is 19.3 Å². The highest BCUT2D eigenvalue weighted by Crippen LogP contribution is 2.35. The maximum atomic E-state index is 13.7. The Morgan fingerprint density at radius 3 is 2.66 bits per heavy atom. The SMILES string of the molecule is COc1ccccc1-c1cc(NC(=O)C2CC(=O)Nc3cc(F)ccc32)n(-c2ccc(C)cc2)n1. The van der Waals surface area contributed by atoms with Crippen LogP contribution < -0.4 is 15.4 Å². The first-order chi connectivity index (χ1) is 16.9. The molecule has 2 amide bonds. The van der Waals surface area contributed by atoms with Crippen LogP contribution in [0.3, 0.4) is 0 Å². The van der Waals surface area contributed by atoms with E-state index in [-0.39, 0.29) is 18.2 Å². The third-order valence-electron chi connectivity index (χ3n) is 5.99. The van der Waals surface area contributed by atoms with E-state index >= 15 is 0 Å². The van der Waals surface area contributed by atoms with Crippen molar-refractivity contribution in [1.82, 2.24) is 9.78 Å². The Morgan fingerprint density at radius 1 is 1.11 bits per heavy atom. The van der Waals surface area contributed by atoms with Crippen molar-refractivity contribution in [2.75, 3.05) is 17.7 Å². The van der Waals surface area contributed by atoms with E-state index in [2.05, 4.69) is 10.6 Å². The topological polar surface area (TPSA) is 85.2 Å². The second kappa shape index (κ2) is 9.06. The molecular formula is C27H23FN4O3. The quantitative estimate of drug-likeness (QED) is 0.427. The van der Waals surface area contributed by atoms with Gasteiger partial charge in [0.2, 0.25) is 11.8 Å². The van der Waals surface area contributed by atoms with Crippen LogP contribution in [-0.2, 0) is 9.59 Å². The van der Waals surface area contributed by atoms with Crippen LogP contribution in [-0.4, -0.2) is 28.7 Å². The monoisotopic (exact) mass is 470 g/mol. The van der Waals surface area contributed by atoms with Gasteiger partial charge in [-0.3, -0.25) is 9.59 Å². The molecule has 7 nitrogen and oxygen atoms in total. The molecule has 5 rings (SSSR count). The fourth-order valence-corrected chi connectivity index (χ4v) is 4.23. The second-order valence-electron chi connectivity index (χ2n) is 8.39. The number of fused-ring (bicyclic) bond motifs is 1. The lowest BCUT2D eigenvalue weighted by molar-refractivity contribution is -0.123. The average Bonchev–Trinajstić information content (AvgIpc) is 3.27. The molecule has 176 valence electrons. The van der Waals surface area contributed by atoms with Gasteiger partial charge in [0.1, 0.15) is 17.4 Å². The highest BCUT2D eigenvalue weighted by Gasteiger charge is 2.32. The normalized spacial score (nSPS) is 14.7. The molecule has 0 aliphatic carbocycles. The van der Waals surface area contributed by atoms with E-state index in [1.165, 1.54) is 18.2 Å². The highest BCUT2D eigenvalue weighted by atomic mass is 19.1. The molecule has 1 aliphatic rings. The number of para-hydroxylation sites is 1. The summed E-state index contributed by atoms with van der Waals surface area (Å²) in [5, 5.41) is 10.3. The second-order valence-corrected chi connectivity index (χ2v) is 8.39. The molecule has 8 heteroatoms. The van der Waals surface area contributed by atoms with E-state index in [1.807, 2.05) is 55.5 Å². The van der Waals surface area contributed by atoms with Crippen LogP contribution in [0.25, 0.3) is 16.9 Å². The Balaban J connectivity index is 1.55. The summed E-state index contributed by atoms with van der Waals surface area (Å²) in [6.07, 6.45) is -0.0392. The zero-order valence-corrected chi connectivity index (χ0v) is 19.2. The van der Waals surface area contributed by atoms with Crippen LogP contribution >= 0.6 is 0 Å². The zero-order valence-electron chi connectivity index (χ0n) is 19.2. The van der Waals surface area contributed by atoms with Gasteiger partial charge in [0.15, 0.2) is 0 Å². The standard InChI is InChI=1S/C27H23FN4O3/c1-16-7-10-18(11-8-16)32-25(15-23(31-32)20-5-3-4-6-24(20)35-2)30-27(34)21-14-26(33)29-22-13-17(28)9-12-19(21)22/h3-13,15,21H,14H2,1-2H3,(H,29,33)(H,30,34). The van der Waals surface area contributed by atoms with Crippen molar-refractivity contribution in [3.8, 4) is 22.7 Å². The van der Waals surface area contributed by atoms with Gasteiger partial charge in [0.05, 0.1) is 24.4 Å². The molecule has 1 atom stereocenters. The van der Waals surface area contributed by atoms with Crippen LogP contribution in [0.15, 0.2) is 72.8 Å². The Hall–Kier alpha value is -4.46. The van der Waals surface area contributed by atoms with E-state index in [9.17, 15) is 14.0 Å². The number of ether oxygens (including phenoxy) is 1. The summed E-state index contributed by atoms with van der Waals surface area (Å²) in [5.41, 5.74) is 4.11. The van der Waals surface area contributed by atoms with Crippen LogP contribution in [0, 0.1) is 12.7 Å². The van der Waals surface area contributed by atoms with Crippen molar-refractivity contribution in [1.29, 1.82) is 0 Å². The van der Waals surface area contributed by atoms with Gasteiger partial charge in [0, 0.05) is 23.7 Å². The molecule has 3 aromatic carbocycles. The number of amides is 2. The molecule has 0 radical (unpaired) electrons. The van der Waals surface area contributed by atoms with Crippen molar-refractivity contribution >= 4 is 23.3 Å². The summed E-state index contributed by atoms with van der Waals surface area (Å²) in [5.74, 6) is -0.884. The Morgan fingerprint density at radius 2 is 1.89 bits per heavy atom. The molecule has 1 aromatic heterocycles. The number of halogens is 1. The maximum absolute atomic E-state index is 13.7. The molecule has 2 heterocycles. The highest BCUT2D eigenvalue weighted by molar-refractivity contribution is 6.05. The average molecular weight is 471 g/mol. The smallest absolute Gasteiger partial charge is 0.233 e. The fourth-order valence-electron chi connectivity index (χ4n) is 4.23. The Labute approximate surface area is 201 Å². The lowest BCUT2D eigenvalue weighted by Gasteiger charge is -2.25. The summed E-state index contributed by atoms with van der Waals surface area (Å²) in [6, 6.07) is 21.0. The number of anilines is 2. The summed E-state index contributed by atoms with van der Waals surface area (Å²) in [6.45, 7) is 1.99. The molecule has 4 aromatic rings. The van der Waals surface area contributed by atoms with Crippen molar-refractivity contribution < 1.29 is 18.7 Å². The molecular weight excluding hydrogens is 447 g/mol. The molecule has 0 bridgehead atoms. The minimum absolute atomic E-state index is 0.0392. The number of hydrogen-bond donors (Lipinski definition) is 2. The fraction of sp³-hybridized carbons (Fsp3) is 0.148. The maximum Gasteiger partial charge on any atom is 0.233 e. The molecule has 0 saturated carbocycles. The molecule has 1 unspecified atom stereocenters. The van der Waals surface area contributed by atoms with Gasteiger partial charge >= 0.3 is 0 Å². The molecule has 0 spiro atoms. The first kappa shape index (κ1) is 22.3. The number of nitrogens with zero attached hydrogens (tertiary/aromatic N) is 2. The van der Waals surface area contributed by atoms with Crippen LogP contribution in [0.1, 0.15) is 23.5 Å². The van der Waals surface area contributed by atoms with E-state index in [1.54, 1.807) is 17.9 Å². The van der Waals surface area contributed by atoms with Gasteiger partial charge in [-0.15, -0.1) is 0 Å². The van der Waals surface area contributed by atoms with Gasteiger partial charge in [0.25, 0.3) is 0 Å². The summed E-state index contributed by atoms with van der Waals surface area (Å²) >= 11 is 0. The van der Waals surface area contributed by atoms with Gasteiger partial charge < -0.3 is 15.4 Å². The van der Waals surface area contributed by atoms with E-state index in [4.69, 9.17) is 9.84 Å². The van der Waals surface area contributed by atoms with Crippen LogP contribution in [0.2, 0.25) is 0 Å². The number of rotatable bonds is 5. The summed E-state index contributed by atoms with van der Waals surface area (Å²) in [4.78, 5) is 25.7. The van der Waals surface area contributed by atoms with E-state index in [0.717, 1.165) is 16.8 Å². The minimum atomic E-state index is -0.768.